The van der Waals surface area contributed by atoms with E-state index in [0.29, 0.717) is 32.1 Å². The van der Waals surface area contributed by atoms with E-state index in [9.17, 15) is 8.42 Å². The van der Waals surface area contributed by atoms with E-state index >= 15 is 0 Å². The molecule has 0 radical (unpaired) electrons. The zero-order valence-corrected chi connectivity index (χ0v) is 11.3. The summed E-state index contributed by atoms with van der Waals surface area (Å²) in [6.07, 6.45) is 0. The van der Waals surface area contributed by atoms with Gasteiger partial charge in [0.2, 0.25) is 0 Å². The summed E-state index contributed by atoms with van der Waals surface area (Å²) in [4.78, 5) is 0. The van der Waals surface area contributed by atoms with Crippen LogP contribution in [0.15, 0.2) is 6.07 Å². The molecule has 0 bridgehead atoms. The van der Waals surface area contributed by atoms with Crippen molar-refractivity contribution in [2.75, 3.05) is 31.0 Å². The van der Waals surface area contributed by atoms with Gasteiger partial charge in [0.15, 0.2) is 5.82 Å². The first-order valence-corrected chi connectivity index (χ1v) is 7.34. The van der Waals surface area contributed by atoms with Crippen molar-refractivity contribution in [3.8, 4) is 0 Å². The number of aromatic nitrogens is 2. The highest BCUT2D eigenvalue weighted by molar-refractivity contribution is 7.90. The fourth-order valence-corrected chi connectivity index (χ4v) is 2.80. The maximum atomic E-state index is 12.0. The third-order valence-corrected chi connectivity index (χ3v) is 4.28. The molecule has 1 fully saturated rings. The Morgan fingerprint density at radius 3 is 2.67 bits per heavy atom. The van der Waals surface area contributed by atoms with Gasteiger partial charge in [0.05, 0.1) is 13.2 Å². The Morgan fingerprint density at radius 1 is 1.44 bits per heavy atom. The van der Waals surface area contributed by atoms with Gasteiger partial charge in [-0.3, -0.25) is 9.82 Å². The molecule has 1 aromatic heterocycles. The molecule has 1 aliphatic rings. The molecule has 102 valence electrons. The maximum absolute atomic E-state index is 12.0. The van der Waals surface area contributed by atoms with Gasteiger partial charge in [0, 0.05) is 24.8 Å². The molecule has 0 saturated carbocycles. The van der Waals surface area contributed by atoms with Crippen molar-refractivity contribution in [3.63, 3.8) is 0 Å². The number of anilines is 1. The van der Waals surface area contributed by atoms with E-state index in [1.54, 1.807) is 6.07 Å². The molecular formula is C10H18N4O3S. The van der Waals surface area contributed by atoms with Crippen molar-refractivity contribution < 1.29 is 13.2 Å². The summed E-state index contributed by atoms with van der Waals surface area (Å²) in [7, 11) is -3.53. The van der Waals surface area contributed by atoms with Crippen LogP contribution in [0.3, 0.4) is 0 Å². The largest absolute Gasteiger partial charge is 0.379 e. The first-order valence-electron chi connectivity index (χ1n) is 5.90. The van der Waals surface area contributed by atoms with Crippen LogP contribution in [0.1, 0.15) is 25.5 Å². The standard InChI is InChI=1S/C10H18N4O3S/c1-8(2)9-7-10(12-11-9)13-18(15,16)14-3-5-17-6-4-14/h7-8H,3-6H2,1-2H3,(H2,11,12,13). The summed E-state index contributed by atoms with van der Waals surface area (Å²) in [6.45, 7) is 5.62. The number of hydrogen-bond donors (Lipinski definition) is 2. The highest BCUT2D eigenvalue weighted by Gasteiger charge is 2.24. The molecule has 0 atom stereocenters. The third-order valence-electron chi connectivity index (χ3n) is 2.76. The minimum atomic E-state index is -3.53. The van der Waals surface area contributed by atoms with Gasteiger partial charge in [-0.2, -0.15) is 17.8 Å². The molecule has 1 aliphatic heterocycles. The van der Waals surface area contributed by atoms with Crippen molar-refractivity contribution >= 4 is 16.0 Å². The van der Waals surface area contributed by atoms with Crippen molar-refractivity contribution in [1.82, 2.24) is 14.5 Å². The van der Waals surface area contributed by atoms with Gasteiger partial charge in [-0.05, 0) is 5.92 Å². The van der Waals surface area contributed by atoms with Gasteiger partial charge >= 0.3 is 10.2 Å². The lowest BCUT2D eigenvalue weighted by Crippen LogP contribution is -2.43. The van der Waals surface area contributed by atoms with Crippen molar-refractivity contribution in [2.45, 2.75) is 19.8 Å². The summed E-state index contributed by atoms with van der Waals surface area (Å²) >= 11 is 0. The van der Waals surface area contributed by atoms with E-state index in [1.807, 2.05) is 13.8 Å². The molecule has 1 saturated heterocycles. The first kappa shape index (κ1) is 13.3. The molecular weight excluding hydrogens is 256 g/mol. The molecule has 2 heterocycles. The van der Waals surface area contributed by atoms with Gasteiger partial charge in [0.1, 0.15) is 0 Å². The molecule has 2 rings (SSSR count). The number of nitrogens with one attached hydrogen (secondary N) is 2. The number of morpholine rings is 1. The minimum absolute atomic E-state index is 0.277. The van der Waals surface area contributed by atoms with Crippen LogP contribution >= 0.6 is 0 Å². The number of ether oxygens (including phenoxy) is 1. The van der Waals surface area contributed by atoms with Crippen LogP contribution in [-0.4, -0.2) is 49.2 Å². The summed E-state index contributed by atoms with van der Waals surface area (Å²) in [6, 6.07) is 1.71. The normalized spacial score (nSPS) is 18.2. The fraction of sp³-hybridized carbons (Fsp3) is 0.700. The predicted molar refractivity (Wildman–Crippen MR) is 67.6 cm³/mol. The molecule has 18 heavy (non-hydrogen) atoms. The molecule has 0 aliphatic carbocycles. The Balaban J connectivity index is 2.06. The van der Waals surface area contributed by atoms with E-state index < -0.39 is 10.2 Å². The molecule has 2 N–H and O–H groups in total. The zero-order valence-electron chi connectivity index (χ0n) is 10.5. The minimum Gasteiger partial charge on any atom is -0.379 e. The quantitative estimate of drug-likeness (QED) is 0.838. The molecule has 7 nitrogen and oxygen atoms in total. The lowest BCUT2D eigenvalue weighted by Gasteiger charge is -2.25. The second-order valence-electron chi connectivity index (χ2n) is 4.48. The smallest absolute Gasteiger partial charge is 0.303 e. The van der Waals surface area contributed by atoms with E-state index in [2.05, 4.69) is 14.9 Å². The average molecular weight is 274 g/mol. The molecule has 0 spiro atoms. The number of nitrogens with zero attached hydrogens (tertiary/aromatic N) is 2. The molecule has 0 unspecified atom stereocenters. The number of H-pyrrole nitrogens is 1. The van der Waals surface area contributed by atoms with Crippen LogP contribution < -0.4 is 4.72 Å². The van der Waals surface area contributed by atoms with Crippen LogP contribution in [-0.2, 0) is 14.9 Å². The Morgan fingerprint density at radius 2 is 2.11 bits per heavy atom. The second-order valence-corrected chi connectivity index (χ2v) is 6.15. The lowest BCUT2D eigenvalue weighted by atomic mass is 10.1. The lowest BCUT2D eigenvalue weighted by molar-refractivity contribution is 0.0733. The maximum Gasteiger partial charge on any atom is 0.303 e. The molecule has 0 amide bonds. The fourth-order valence-electron chi connectivity index (χ4n) is 1.67. The van der Waals surface area contributed by atoms with Crippen LogP contribution in [0.4, 0.5) is 5.82 Å². The Kier molecular flexibility index (Phi) is 3.88. The number of aromatic amines is 1. The van der Waals surface area contributed by atoms with Crippen molar-refractivity contribution in [1.29, 1.82) is 0 Å². The summed E-state index contributed by atoms with van der Waals surface area (Å²) in [5.74, 6) is 0.601. The zero-order chi connectivity index (χ0) is 13.2. The third kappa shape index (κ3) is 3.01. The van der Waals surface area contributed by atoms with E-state index in [0.717, 1.165) is 5.69 Å². The second kappa shape index (κ2) is 5.25. The molecule has 8 heteroatoms. The Labute approximate surface area is 107 Å². The van der Waals surface area contributed by atoms with E-state index in [-0.39, 0.29) is 5.92 Å². The molecule has 0 aromatic carbocycles. The van der Waals surface area contributed by atoms with Crippen molar-refractivity contribution in [3.05, 3.63) is 11.8 Å². The SMILES string of the molecule is CC(C)c1cc(NS(=O)(=O)N2CCOCC2)n[nH]1. The van der Waals surface area contributed by atoms with Gasteiger partial charge in [-0.15, -0.1) is 0 Å². The van der Waals surface area contributed by atoms with Crippen LogP contribution in [0, 0.1) is 0 Å². The summed E-state index contributed by atoms with van der Waals surface area (Å²) < 4.78 is 33.0. The van der Waals surface area contributed by atoms with Crippen LogP contribution in [0.25, 0.3) is 0 Å². The highest BCUT2D eigenvalue weighted by Crippen LogP contribution is 2.16. The number of rotatable bonds is 4. The van der Waals surface area contributed by atoms with Crippen LogP contribution in [0.2, 0.25) is 0 Å². The predicted octanol–water partition coefficient (Wildman–Crippen LogP) is 0.522. The van der Waals surface area contributed by atoms with Gasteiger partial charge < -0.3 is 4.74 Å². The van der Waals surface area contributed by atoms with E-state index in [1.165, 1.54) is 4.31 Å². The Bertz CT molecular complexity index is 491. The first-order chi connectivity index (χ1) is 8.49. The Hall–Kier alpha value is -1.12. The van der Waals surface area contributed by atoms with Crippen molar-refractivity contribution in [2.24, 2.45) is 0 Å². The van der Waals surface area contributed by atoms with Gasteiger partial charge in [-0.25, -0.2) is 0 Å². The van der Waals surface area contributed by atoms with Gasteiger partial charge in [0.25, 0.3) is 0 Å². The average Bonchev–Trinajstić information content (AvgIpc) is 2.78. The summed E-state index contributed by atoms with van der Waals surface area (Å²) in [5.41, 5.74) is 0.898. The number of hydrogen-bond acceptors (Lipinski definition) is 4. The topological polar surface area (TPSA) is 87.3 Å². The summed E-state index contributed by atoms with van der Waals surface area (Å²) in [5, 5.41) is 6.75. The van der Waals surface area contributed by atoms with Gasteiger partial charge in [-0.1, -0.05) is 13.8 Å². The monoisotopic (exact) mass is 274 g/mol. The van der Waals surface area contributed by atoms with Crippen LogP contribution in [0.5, 0.6) is 0 Å². The highest BCUT2D eigenvalue weighted by atomic mass is 32.2. The molecule has 1 aromatic rings. The van der Waals surface area contributed by atoms with E-state index in [4.69, 9.17) is 4.74 Å².